The molecular weight excluding hydrogens is 396 g/mol. The zero-order chi connectivity index (χ0) is 22.0. The molecule has 31 heavy (non-hydrogen) atoms. The van der Waals surface area contributed by atoms with Crippen molar-refractivity contribution in [2.75, 3.05) is 38.2 Å². The molecule has 9 nitrogen and oxygen atoms in total. The van der Waals surface area contributed by atoms with Crippen molar-refractivity contribution < 1.29 is 14.3 Å². The highest BCUT2D eigenvalue weighted by Crippen LogP contribution is 2.35. The van der Waals surface area contributed by atoms with Crippen molar-refractivity contribution in [3.05, 3.63) is 35.7 Å². The molecule has 1 saturated heterocycles. The van der Waals surface area contributed by atoms with Gasteiger partial charge in [0, 0.05) is 57.5 Å². The number of nitrogens with zero attached hydrogens (tertiary/aromatic N) is 5. The number of hydrogen-bond donors (Lipinski definition) is 1. The number of carbonyl (C=O) groups is 1. The van der Waals surface area contributed by atoms with E-state index in [1.54, 1.807) is 22.8 Å². The molecule has 166 valence electrons. The van der Waals surface area contributed by atoms with Crippen LogP contribution in [-0.4, -0.2) is 65.9 Å². The minimum absolute atomic E-state index is 0.0251. The lowest BCUT2D eigenvalue weighted by Gasteiger charge is -2.35. The first-order chi connectivity index (χ1) is 15.0. The zero-order valence-electron chi connectivity index (χ0n) is 18.6. The molecule has 0 saturated carbocycles. The molecule has 4 rings (SSSR count). The summed E-state index contributed by atoms with van der Waals surface area (Å²) in [6.07, 6.45) is 4.65. The third-order valence-electron chi connectivity index (χ3n) is 5.55. The maximum absolute atomic E-state index is 12.7. The number of fused-ring (bicyclic) bond motifs is 1. The summed E-state index contributed by atoms with van der Waals surface area (Å²) in [5, 5.41) is 7.55. The van der Waals surface area contributed by atoms with Crippen molar-refractivity contribution in [3.63, 3.8) is 0 Å². The largest absolute Gasteiger partial charge is 0.494 e. The quantitative estimate of drug-likeness (QED) is 0.577. The Bertz CT molecular complexity index is 986. The van der Waals surface area contributed by atoms with Gasteiger partial charge in [0.1, 0.15) is 24.1 Å². The lowest BCUT2D eigenvalue weighted by molar-refractivity contribution is -0.120. The summed E-state index contributed by atoms with van der Waals surface area (Å²) in [5.74, 6) is 2.50. The van der Waals surface area contributed by atoms with E-state index in [0.717, 1.165) is 29.2 Å². The summed E-state index contributed by atoms with van der Waals surface area (Å²) < 4.78 is 13.5. The van der Waals surface area contributed by atoms with Gasteiger partial charge in [-0.15, -0.1) is 0 Å². The Kier molecular flexibility index (Phi) is 6.01. The molecule has 1 unspecified atom stereocenters. The Hall–Kier alpha value is -3.23. The van der Waals surface area contributed by atoms with Crippen molar-refractivity contribution in [3.8, 4) is 11.5 Å². The summed E-state index contributed by atoms with van der Waals surface area (Å²) in [4.78, 5) is 20.9. The molecule has 1 aromatic heterocycles. The van der Waals surface area contributed by atoms with Crippen LogP contribution in [0.5, 0.6) is 11.5 Å². The topological polar surface area (TPSA) is 84.2 Å². The van der Waals surface area contributed by atoms with Crippen LogP contribution in [0.25, 0.3) is 0 Å². The Morgan fingerprint density at radius 2 is 2.23 bits per heavy atom. The van der Waals surface area contributed by atoms with Gasteiger partial charge in [-0.25, -0.2) is 0 Å². The molecule has 0 radical (unpaired) electrons. The van der Waals surface area contributed by atoms with E-state index in [1.165, 1.54) is 5.56 Å². The van der Waals surface area contributed by atoms with Crippen LogP contribution in [0.2, 0.25) is 0 Å². The van der Waals surface area contributed by atoms with Gasteiger partial charge in [0.2, 0.25) is 5.91 Å². The van der Waals surface area contributed by atoms with Crippen LogP contribution in [0.15, 0.2) is 29.5 Å². The van der Waals surface area contributed by atoms with Gasteiger partial charge in [0.25, 0.3) is 0 Å². The Morgan fingerprint density at radius 1 is 1.39 bits per heavy atom. The number of aryl methyl sites for hydroxylation is 1. The van der Waals surface area contributed by atoms with E-state index < -0.39 is 0 Å². The molecule has 2 aromatic rings. The molecule has 0 spiro atoms. The van der Waals surface area contributed by atoms with Crippen LogP contribution < -0.4 is 19.7 Å². The predicted molar refractivity (Wildman–Crippen MR) is 119 cm³/mol. The fourth-order valence-electron chi connectivity index (χ4n) is 4.09. The zero-order valence-corrected chi connectivity index (χ0v) is 18.6. The number of aliphatic imine (C=N–C) groups is 1. The fourth-order valence-corrected chi connectivity index (χ4v) is 4.09. The summed E-state index contributed by atoms with van der Waals surface area (Å²) in [6, 6.07) is 4.13. The molecule has 0 aliphatic carbocycles. The van der Waals surface area contributed by atoms with Gasteiger partial charge in [-0.3, -0.25) is 14.5 Å². The first-order valence-electron chi connectivity index (χ1n) is 10.7. The SMILES string of the molecule is CCOc1cc2c(cc1CNC(=NC)N1CCN(c3cnn(C)c3)C(=O)C1)OC(C)C2. The number of amides is 1. The van der Waals surface area contributed by atoms with Crippen LogP contribution in [-0.2, 0) is 24.8 Å². The molecule has 9 heteroatoms. The van der Waals surface area contributed by atoms with E-state index >= 15 is 0 Å². The number of hydrogen-bond acceptors (Lipinski definition) is 5. The number of ether oxygens (including phenoxy) is 2. The molecule has 1 atom stereocenters. The Labute approximate surface area is 182 Å². The van der Waals surface area contributed by atoms with E-state index in [1.807, 2.05) is 25.1 Å². The average Bonchev–Trinajstić information content (AvgIpc) is 3.33. The Morgan fingerprint density at radius 3 is 2.90 bits per heavy atom. The first-order valence-corrected chi connectivity index (χ1v) is 10.7. The molecule has 3 heterocycles. The monoisotopic (exact) mass is 426 g/mol. The van der Waals surface area contributed by atoms with Gasteiger partial charge in [-0.05, 0) is 26.0 Å². The van der Waals surface area contributed by atoms with E-state index in [9.17, 15) is 4.79 Å². The second-order valence-electron chi connectivity index (χ2n) is 7.87. The van der Waals surface area contributed by atoms with E-state index in [0.29, 0.717) is 32.2 Å². The number of piperazine rings is 1. The third-order valence-corrected chi connectivity index (χ3v) is 5.55. The molecule has 2 aliphatic rings. The van der Waals surface area contributed by atoms with Gasteiger partial charge < -0.3 is 24.6 Å². The van der Waals surface area contributed by atoms with Crippen molar-refractivity contribution in [1.29, 1.82) is 0 Å². The fraction of sp³-hybridized carbons (Fsp3) is 0.500. The number of rotatable bonds is 5. The molecule has 2 aliphatic heterocycles. The van der Waals surface area contributed by atoms with Crippen molar-refractivity contribution in [2.45, 2.75) is 32.9 Å². The predicted octanol–water partition coefficient (Wildman–Crippen LogP) is 1.57. The molecule has 1 amide bonds. The molecule has 1 fully saturated rings. The highest BCUT2D eigenvalue weighted by atomic mass is 16.5. The van der Waals surface area contributed by atoms with Crippen molar-refractivity contribution in [1.82, 2.24) is 20.0 Å². The summed E-state index contributed by atoms with van der Waals surface area (Å²) in [6.45, 7) is 6.71. The van der Waals surface area contributed by atoms with Crippen molar-refractivity contribution >= 4 is 17.6 Å². The third kappa shape index (κ3) is 4.45. The normalized spacial score (nSPS) is 18.8. The first kappa shape index (κ1) is 21.0. The number of aromatic nitrogens is 2. The van der Waals surface area contributed by atoms with Gasteiger partial charge in [-0.1, -0.05) is 0 Å². The van der Waals surface area contributed by atoms with Gasteiger partial charge in [0.15, 0.2) is 5.96 Å². The summed E-state index contributed by atoms with van der Waals surface area (Å²) >= 11 is 0. The summed E-state index contributed by atoms with van der Waals surface area (Å²) in [7, 11) is 3.58. The molecular formula is C22H30N6O3. The van der Waals surface area contributed by atoms with Gasteiger partial charge in [-0.2, -0.15) is 5.10 Å². The van der Waals surface area contributed by atoms with Gasteiger partial charge in [0.05, 0.1) is 18.5 Å². The number of benzene rings is 1. The summed E-state index contributed by atoms with van der Waals surface area (Å²) in [5.41, 5.74) is 3.01. The van der Waals surface area contributed by atoms with Crippen LogP contribution in [0.3, 0.4) is 0 Å². The molecule has 0 bridgehead atoms. The minimum Gasteiger partial charge on any atom is -0.494 e. The molecule has 1 aromatic carbocycles. The van der Waals surface area contributed by atoms with Crippen LogP contribution >= 0.6 is 0 Å². The standard InChI is InChI=1S/C22H30N6O3/c1-5-30-19-9-16-8-15(2)31-20(16)10-17(19)11-24-22(23-3)27-6-7-28(21(29)14-27)18-12-25-26(4)13-18/h9-10,12-13,15H,5-8,11,14H2,1-4H3,(H,23,24). The smallest absolute Gasteiger partial charge is 0.246 e. The second-order valence-corrected chi connectivity index (χ2v) is 7.87. The van der Waals surface area contributed by atoms with E-state index in [4.69, 9.17) is 9.47 Å². The lowest BCUT2D eigenvalue weighted by Crippen LogP contribution is -2.55. The highest BCUT2D eigenvalue weighted by molar-refractivity contribution is 5.98. The second kappa shape index (κ2) is 8.87. The maximum atomic E-state index is 12.7. The van der Waals surface area contributed by atoms with E-state index in [2.05, 4.69) is 34.5 Å². The average molecular weight is 427 g/mol. The highest BCUT2D eigenvalue weighted by Gasteiger charge is 2.28. The number of carbonyl (C=O) groups excluding carboxylic acids is 1. The van der Waals surface area contributed by atoms with Crippen LogP contribution in [0, 0.1) is 0 Å². The van der Waals surface area contributed by atoms with Crippen molar-refractivity contribution in [2.24, 2.45) is 12.0 Å². The maximum Gasteiger partial charge on any atom is 0.246 e. The van der Waals surface area contributed by atoms with Gasteiger partial charge >= 0.3 is 0 Å². The Balaban J connectivity index is 1.42. The number of nitrogens with one attached hydrogen (secondary N) is 1. The lowest BCUT2D eigenvalue weighted by atomic mass is 10.1. The van der Waals surface area contributed by atoms with E-state index in [-0.39, 0.29) is 18.6 Å². The van der Waals surface area contributed by atoms with Crippen LogP contribution in [0.4, 0.5) is 5.69 Å². The molecule has 1 N–H and O–H groups in total. The minimum atomic E-state index is 0.0251. The number of anilines is 1. The van der Waals surface area contributed by atoms with Crippen LogP contribution in [0.1, 0.15) is 25.0 Å². The number of guanidine groups is 1.